The van der Waals surface area contributed by atoms with Gasteiger partial charge in [-0.2, -0.15) is 4.98 Å². The van der Waals surface area contributed by atoms with E-state index in [4.69, 9.17) is 4.52 Å². The standard InChI is InChI=1S/C13H12N4O/c1-3-4-10-5-6-12-14-7-11(17(12)8-10)13-15-9(2)18-16-13/h3-8H,1-2H3/b4-3+. The maximum Gasteiger partial charge on any atom is 0.223 e. The van der Waals surface area contributed by atoms with Crippen molar-refractivity contribution < 1.29 is 4.52 Å². The Labute approximate surface area is 104 Å². The summed E-state index contributed by atoms with van der Waals surface area (Å²) < 4.78 is 6.96. The smallest absolute Gasteiger partial charge is 0.223 e. The first-order chi connectivity index (χ1) is 8.78. The first-order valence-corrected chi connectivity index (χ1v) is 5.68. The van der Waals surface area contributed by atoms with Crippen LogP contribution in [0.4, 0.5) is 0 Å². The molecule has 0 aromatic carbocycles. The zero-order chi connectivity index (χ0) is 12.5. The van der Waals surface area contributed by atoms with Crippen LogP contribution in [-0.4, -0.2) is 19.5 Å². The Balaban J connectivity index is 2.20. The van der Waals surface area contributed by atoms with E-state index in [1.54, 1.807) is 13.1 Å². The van der Waals surface area contributed by atoms with E-state index in [1.165, 1.54) is 0 Å². The fourth-order valence-electron chi connectivity index (χ4n) is 1.86. The molecular weight excluding hydrogens is 228 g/mol. The third-order valence-electron chi connectivity index (χ3n) is 2.64. The van der Waals surface area contributed by atoms with Gasteiger partial charge in [-0.05, 0) is 24.6 Å². The van der Waals surface area contributed by atoms with Crippen molar-refractivity contribution in [3.63, 3.8) is 0 Å². The highest BCUT2D eigenvalue weighted by atomic mass is 16.5. The lowest BCUT2D eigenvalue weighted by atomic mass is 10.2. The maximum absolute atomic E-state index is 5.00. The number of aryl methyl sites for hydroxylation is 1. The van der Waals surface area contributed by atoms with E-state index in [-0.39, 0.29) is 0 Å². The van der Waals surface area contributed by atoms with Crippen molar-refractivity contribution in [1.82, 2.24) is 19.5 Å². The van der Waals surface area contributed by atoms with E-state index in [0.717, 1.165) is 16.9 Å². The lowest BCUT2D eigenvalue weighted by Gasteiger charge is -1.99. The van der Waals surface area contributed by atoms with E-state index in [2.05, 4.69) is 15.1 Å². The minimum atomic E-state index is 0.546. The van der Waals surface area contributed by atoms with Gasteiger partial charge in [-0.1, -0.05) is 17.3 Å². The number of imidazole rings is 1. The molecule has 5 nitrogen and oxygen atoms in total. The molecule has 0 saturated carbocycles. The number of hydrogen-bond donors (Lipinski definition) is 0. The highest BCUT2D eigenvalue weighted by Crippen LogP contribution is 2.18. The third kappa shape index (κ3) is 1.69. The Hall–Kier alpha value is -2.43. The molecular formula is C13H12N4O. The summed E-state index contributed by atoms with van der Waals surface area (Å²) in [5, 5.41) is 3.92. The van der Waals surface area contributed by atoms with Gasteiger partial charge in [0.15, 0.2) is 0 Å². The monoisotopic (exact) mass is 240 g/mol. The zero-order valence-corrected chi connectivity index (χ0v) is 10.2. The molecule has 3 aromatic heterocycles. The SMILES string of the molecule is C/C=C/c1ccc2ncc(-c3noc(C)n3)n2c1. The lowest BCUT2D eigenvalue weighted by Crippen LogP contribution is -1.90. The summed E-state index contributed by atoms with van der Waals surface area (Å²) >= 11 is 0. The molecule has 0 radical (unpaired) electrons. The van der Waals surface area contributed by atoms with Crippen LogP contribution in [0.25, 0.3) is 23.2 Å². The second-order valence-corrected chi connectivity index (χ2v) is 3.97. The summed E-state index contributed by atoms with van der Waals surface area (Å²) in [6.45, 7) is 3.76. The van der Waals surface area contributed by atoms with Crippen LogP contribution in [0.5, 0.6) is 0 Å². The minimum absolute atomic E-state index is 0.546. The zero-order valence-electron chi connectivity index (χ0n) is 10.2. The van der Waals surface area contributed by atoms with Crippen molar-refractivity contribution in [2.24, 2.45) is 0 Å². The van der Waals surface area contributed by atoms with Crippen molar-refractivity contribution in [1.29, 1.82) is 0 Å². The molecule has 0 atom stereocenters. The van der Waals surface area contributed by atoms with Gasteiger partial charge in [0.25, 0.3) is 0 Å². The molecule has 18 heavy (non-hydrogen) atoms. The predicted octanol–water partition coefficient (Wildman–Crippen LogP) is 2.73. The van der Waals surface area contributed by atoms with Gasteiger partial charge in [0.05, 0.1) is 6.20 Å². The number of pyridine rings is 1. The number of aromatic nitrogens is 4. The minimum Gasteiger partial charge on any atom is -0.339 e. The molecule has 3 heterocycles. The first kappa shape index (κ1) is 10.7. The van der Waals surface area contributed by atoms with E-state index in [9.17, 15) is 0 Å². The molecule has 0 saturated heterocycles. The third-order valence-corrected chi connectivity index (χ3v) is 2.64. The molecule has 0 fully saturated rings. The normalized spacial score (nSPS) is 11.7. The fraction of sp³-hybridized carbons (Fsp3) is 0.154. The molecule has 0 bridgehead atoms. The number of hydrogen-bond acceptors (Lipinski definition) is 4. The van der Waals surface area contributed by atoms with Crippen molar-refractivity contribution in [3.8, 4) is 11.5 Å². The van der Waals surface area contributed by atoms with Gasteiger partial charge < -0.3 is 4.52 Å². The molecule has 0 amide bonds. The molecule has 0 unspecified atom stereocenters. The van der Waals surface area contributed by atoms with Crippen LogP contribution in [0.1, 0.15) is 18.4 Å². The lowest BCUT2D eigenvalue weighted by molar-refractivity contribution is 0.394. The average Bonchev–Trinajstić information content (AvgIpc) is 2.95. The number of rotatable bonds is 2. The summed E-state index contributed by atoms with van der Waals surface area (Å²) in [5.41, 5.74) is 2.79. The van der Waals surface area contributed by atoms with Crippen molar-refractivity contribution >= 4 is 11.7 Å². The summed E-state index contributed by atoms with van der Waals surface area (Å²) in [5.74, 6) is 1.10. The van der Waals surface area contributed by atoms with E-state index < -0.39 is 0 Å². The van der Waals surface area contributed by atoms with E-state index in [1.807, 2.05) is 41.8 Å². The Bertz CT molecular complexity index is 724. The van der Waals surface area contributed by atoms with Gasteiger partial charge in [0.1, 0.15) is 11.3 Å². The van der Waals surface area contributed by atoms with Crippen LogP contribution in [-0.2, 0) is 0 Å². The van der Waals surface area contributed by atoms with Crippen LogP contribution in [0.15, 0.2) is 35.1 Å². The largest absolute Gasteiger partial charge is 0.339 e. The molecule has 90 valence electrons. The quantitative estimate of drug-likeness (QED) is 0.691. The summed E-state index contributed by atoms with van der Waals surface area (Å²) in [7, 11) is 0. The molecule has 0 spiro atoms. The average molecular weight is 240 g/mol. The highest BCUT2D eigenvalue weighted by molar-refractivity contribution is 5.59. The second kappa shape index (κ2) is 4.10. The fourth-order valence-corrected chi connectivity index (χ4v) is 1.86. The molecule has 0 aliphatic carbocycles. The van der Waals surface area contributed by atoms with Crippen molar-refractivity contribution in [2.45, 2.75) is 13.8 Å². The molecule has 3 aromatic rings. The van der Waals surface area contributed by atoms with Crippen molar-refractivity contribution in [2.75, 3.05) is 0 Å². The van der Waals surface area contributed by atoms with Gasteiger partial charge in [-0.15, -0.1) is 0 Å². The molecule has 0 aliphatic rings. The van der Waals surface area contributed by atoms with E-state index in [0.29, 0.717) is 11.7 Å². The molecule has 0 aliphatic heterocycles. The van der Waals surface area contributed by atoms with Gasteiger partial charge >= 0.3 is 0 Å². The molecule has 5 heteroatoms. The summed E-state index contributed by atoms with van der Waals surface area (Å²) in [4.78, 5) is 8.55. The maximum atomic E-state index is 5.00. The molecule has 0 N–H and O–H groups in total. The summed E-state index contributed by atoms with van der Waals surface area (Å²) in [6.07, 6.45) is 7.78. The number of allylic oxidation sites excluding steroid dienone is 1. The highest BCUT2D eigenvalue weighted by Gasteiger charge is 2.11. The van der Waals surface area contributed by atoms with E-state index >= 15 is 0 Å². The van der Waals surface area contributed by atoms with Gasteiger partial charge in [0.2, 0.25) is 11.7 Å². The second-order valence-electron chi connectivity index (χ2n) is 3.97. The van der Waals surface area contributed by atoms with Crippen molar-refractivity contribution in [3.05, 3.63) is 42.1 Å². The van der Waals surface area contributed by atoms with Gasteiger partial charge in [-0.3, -0.25) is 4.40 Å². The van der Waals surface area contributed by atoms with Crippen LogP contribution in [0.3, 0.4) is 0 Å². The Morgan fingerprint density at radius 1 is 1.33 bits per heavy atom. The van der Waals surface area contributed by atoms with Gasteiger partial charge in [-0.25, -0.2) is 4.98 Å². The Morgan fingerprint density at radius 3 is 2.94 bits per heavy atom. The van der Waals surface area contributed by atoms with Crippen LogP contribution in [0.2, 0.25) is 0 Å². The first-order valence-electron chi connectivity index (χ1n) is 5.68. The van der Waals surface area contributed by atoms with Crippen LogP contribution >= 0.6 is 0 Å². The predicted molar refractivity (Wildman–Crippen MR) is 67.9 cm³/mol. The Morgan fingerprint density at radius 2 is 2.22 bits per heavy atom. The van der Waals surface area contributed by atoms with Crippen LogP contribution < -0.4 is 0 Å². The van der Waals surface area contributed by atoms with Gasteiger partial charge in [0, 0.05) is 13.1 Å². The number of fused-ring (bicyclic) bond motifs is 1. The number of nitrogens with zero attached hydrogens (tertiary/aromatic N) is 4. The Kier molecular flexibility index (Phi) is 2.44. The topological polar surface area (TPSA) is 56.2 Å². The van der Waals surface area contributed by atoms with Crippen LogP contribution in [0, 0.1) is 6.92 Å². The summed E-state index contributed by atoms with van der Waals surface area (Å²) in [6, 6.07) is 3.99. The molecule has 3 rings (SSSR count).